The van der Waals surface area contributed by atoms with Gasteiger partial charge in [0.25, 0.3) is 0 Å². The summed E-state index contributed by atoms with van der Waals surface area (Å²) >= 11 is 0. The first-order chi connectivity index (χ1) is 9.10. The van der Waals surface area contributed by atoms with Gasteiger partial charge in [-0.1, -0.05) is 19.1 Å². The number of halogens is 2. The molecule has 100 valence electrons. The van der Waals surface area contributed by atoms with E-state index in [4.69, 9.17) is 5.73 Å². The largest absolute Gasteiger partial charge is 0.383 e. The molecule has 5 heteroatoms. The van der Waals surface area contributed by atoms with Gasteiger partial charge >= 0.3 is 0 Å². The maximum atomic E-state index is 13.8. The van der Waals surface area contributed by atoms with Crippen LogP contribution in [0.2, 0.25) is 0 Å². The summed E-state index contributed by atoms with van der Waals surface area (Å²) in [4.78, 5) is 4.30. The summed E-state index contributed by atoms with van der Waals surface area (Å²) in [5.74, 6) is -0.800. The number of allylic oxidation sites excluding steroid dienone is 1. The summed E-state index contributed by atoms with van der Waals surface area (Å²) in [5.41, 5.74) is 6.33. The molecule has 2 N–H and O–H groups in total. The third-order valence-electron chi connectivity index (χ3n) is 2.92. The number of aryl methyl sites for hydroxylation is 1. The molecule has 0 fully saturated rings. The Labute approximate surface area is 110 Å². The van der Waals surface area contributed by atoms with Gasteiger partial charge in [-0.3, -0.25) is 0 Å². The van der Waals surface area contributed by atoms with Crippen molar-refractivity contribution in [2.45, 2.75) is 19.9 Å². The first-order valence-corrected chi connectivity index (χ1v) is 6.00. The van der Waals surface area contributed by atoms with Gasteiger partial charge in [-0.05, 0) is 12.1 Å². The van der Waals surface area contributed by atoms with Gasteiger partial charge in [0.2, 0.25) is 0 Å². The highest BCUT2D eigenvalue weighted by Crippen LogP contribution is 2.29. The smallest absolute Gasteiger partial charge is 0.168 e. The quantitative estimate of drug-likeness (QED) is 0.861. The molecule has 0 bridgehead atoms. The van der Waals surface area contributed by atoms with Crippen LogP contribution < -0.4 is 5.73 Å². The molecule has 0 amide bonds. The van der Waals surface area contributed by atoms with Crippen LogP contribution in [0.1, 0.15) is 12.7 Å². The average Bonchev–Trinajstić information content (AvgIpc) is 2.71. The summed E-state index contributed by atoms with van der Waals surface area (Å²) in [7, 11) is 0. The lowest BCUT2D eigenvalue weighted by atomic mass is 10.1. The first-order valence-electron chi connectivity index (χ1n) is 6.00. The van der Waals surface area contributed by atoms with Gasteiger partial charge < -0.3 is 10.3 Å². The Balaban J connectivity index is 2.63. The van der Waals surface area contributed by atoms with E-state index in [1.54, 1.807) is 10.6 Å². The van der Waals surface area contributed by atoms with Crippen LogP contribution in [0.25, 0.3) is 11.3 Å². The number of rotatable bonds is 4. The van der Waals surface area contributed by atoms with Crippen molar-refractivity contribution in [2.75, 3.05) is 5.73 Å². The van der Waals surface area contributed by atoms with Gasteiger partial charge in [-0.15, -0.1) is 6.58 Å². The summed E-state index contributed by atoms with van der Waals surface area (Å²) in [6, 6.07) is 3.97. The normalized spacial score (nSPS) is 10.7. The Hall–Kier alpha value is -2.17. The van der Waals surface area contributed by atoms with E-state index in [-0.39, 0.29) is 11.3 Å². The second-order valence-electron chi connectivity index (χ2n) is 4.12. The van der Waals surface area contributed by atoms with Crippen LogP contribution in [0, 0.1) is 11.6 Å². The highest BCUT2D eigenvalue weighted by Gasteiger charge is 2.18. The van der Waals surface area contributed by atoms with Gasteiger partial charge in [-0.2, -0.15) is 0 Å². The number of anilines is 1. The molecule has 0 radical (unpaired) electrons. The second-order valence-corrected chi connectivity index (χ2v) is 4.12. The Morgan fingerprint density at radius 2 is 2.16 bits per heavy atom. The fourth-order valence-electron chi connectivity index (χ4n) is 2.00. The minimum absolute atomic E-state index is 0.0787. The molecule has 0 aliphatic rings. The molecule has 1 aromatic heterocycles. The fourth-order valence-corrected chi connectivity index (χ4v) is 2.00. The molecule has 3 nitrogen and oxygen atoms in total. The van der Waals surface area contributed by atoms with E-state index in [0.29, 0.717) is 18.8 Å². The maximum absolute atomic E-state index is 13.8. The SMILES string of the molecule is C=CCn1c(CC)nc(-c2cccc(F)c2F)c1N. The average molecular weight is 263 g/mol. The Bertz CT molecular complexity index is 617. The Kier molecular flexibility index (Phi) is 3.64. The zero-order valence-electron chi connectivity index (χ0n) is 10.7. The van der Waals surface area contributed by atoms with Crippen LogP contribution >= 0.6 is 0 Å². The van der Waals surface area contributed by atoms with Gasteiger partial charge in [0, 0.05) is 18.5 Å². The molecule has 0 aliphatic carbocycles. The summed E-state index contributed by atoms with van der Waals surface area (Å²) in [6.45, 7) is 6.06. The number of imidazole rings is 1. The van der Waals surface area contributed by atoms with Crippen molar-refractivity contribution in [1.82, 2.24) is 9.55 Å². The second kappa shape index (κ2) is 5.22. The van der Waals surface area contributed by atoms with E-state index >= 15 is 0 Å². The lowest BCUT2D eigenvalue weighted by Gasteiger charge is -2.05. The molecule has 1 aromatic carbocycles. The lowest BCUT2D eigenvalue weighted by molar-refractivity contribution is 0.511. The zero-order valence-corrected chi connectivity index (χ0v) is 10.7. The molecule has 0 atom stereocenters. The summed E-state index contributed by atoms with van der Waals surface area (Å²) < 4.78 is 28.8. The maximum Gasteiger partial charge on any atom is 0.168 e. The number of hydrogen-bond acceptors (Lipinski definition) is 2. The number of nitrogens with zero attached hydrogens (tertiary/aromatic N) is 2. The molecule has 0 aliphatic heterocycles. The van der Waals surface area contributed by atoms with Crippen molar-refractivity contribution in [1.29, 1.82) is 0 Å². The predicted octanol–water partition coefficient (Wildman–Crippen LogP) is 3.16. The standard InChI is InChI=1S/C14H15F2N3/c1-3-8-19-11(4-2)18-13(14(19)17)9-6-5-7-10(15)12(9)16/h3,5-7H,1,4,8,17H2,2H3. The Morgan fingerprint density at radius 3 is 2.79 bits per heavy atom. The number of nitrogen functional groups attached to an aromatic ring is 1. The molecule has 19 heavy (non-hydrogen) atoms. The van der Waals surface area contributed by atoms with E-state index in [0.717, 1.165) is 11.9 Å². The molecule has 0 saturated carbocycles. The number of nitrogens with two attached hydrogens (primary N) is 1. The van der Waals surface area contributed by atoms with Gasteiger partial charge in [0.15, 0.2) is 11.6 Å². The summed E-state index contributed by atoms with van der Waals surface area (Å²) in [5, 5.41) is 0. The number of benzene rings is 1. The minimum atomic E-state index is -0.930. The highest BCUT2D eigenvalue weighted by atomic mass is 19.2. The lowest BCUT2D eigenvalue weighted by Crippen LogP contribution is -2.05. The van der Waals surface area contributed by atoms with Crippen LogP contribution in [-0.2, 0) is 13.0 Å². The third kappa shape index (κ3) is 2.23. The van der Waals surface area contributed by atoms with Crippen molar-refractivity contribution in [2.24, 2.45) is 0 Å². The number of aromatic nitrogens is 2. The van der Waals surface area contributed by atoms with Gasteiger partial charge in [-0.25, -0.2) is 13.8 Å². The van der Waals surface area contributed by atoms with E-state index in [1.807, 2.05) is 6.92 Å². The molecule has 0 saturated heterocycles. The third-order valence-corrected chi connectivity index (χ3v) is 2.92. The predicted molar refractivity (Wildman–Crippen MR) is 71.6 cm³/mol. The topological polar surface area (TPSA) is 43.8 Å². The molecular weight excluding hydrogens is 248 g/mol. The zero-order chi connectivity index (χ0) is 14.0. The van der Waals surface area contributed by atoms with Crippen LogP contribution in [0.4, 0.5) is 14.6 Å². The fraction of sp³-hybridized carbons (Fsp3) is 0.214. The first kappa shape index (κ1) is 13.3. The van der Waals surface area contributed by atoms with Crippen molar-refractivity contribution in [3.8, 4) is 11.3 Å². The minimum Gasteiger partial charge on any atom is -0.383 e. The monoisotopic (exact) mass is 263 g/mol. The summed E-state index contributed by atoms with van der Waals surface area (Å²) in [6.07, 6.45) is 2.33. The van der Waals surface area contributed by atoms with Crippen LogP contribution in [0.3, 0.4) is 0 Å². The van der Waals surface area contributed by atoms with Gasteiger partial charge in [0.05, 0.1) is 0 Å². The van der Waals surface area contributed by atoms with Gasteiger partial charge in [0.1, 0.15) is 17.3 Å². The molecule has 2 rings (SSSR count). The molecule has 0 unspecified atom stereocenters. The van der Waals surface area contributed by atoms with Crippen molar-refractivity contribution >= 4 is 5.82 Å². The van der Waals surface area contributed by atoms with E-state index in [9.17, 15) is 8.78 Å². The van der Waals surface area contributed by atoms with E-state index in [2.05, 4.69) is 11.6 Å². The van der Waals surface area contributed by atoms with Crippen molar-refractivity contribution < 1.29 is 8.78 Å². The van der Waals surface area contributed by atoms with Crippen LogP contribution in [-0.4, -0.2) is 9.55 Å². The van der Waals surface area contributed by atoms with Crippen molar-refractivity contribution in [3.63, 3.8) is 0 Å². The molecular formula is C14H15F2N3. The number of hydrogen-bond donors (Lipinski definition) is 1. The van der Waals surface area contributed by atoms with E-state index < -0.39 is 11.6 Å². The molecule has 1 heterocycles. The Morgan fingerprint density at radius 1 is 1.42 bits per heavy atom. The van der Waals surface area contributed by atoms with E-state index in [1.165, 1.54) is 12.1 Å². The highest BCUT2D eigenvalue weighted by molar-refractivity contribution is 5.71. The van der Waals surface area contributed by atoms with Crippen LogP contribution in [0.5, 0.6) is 0 Å². The molecule has 2 aromatic rings. The van der Waals surface area contributed by atoms with Crippen molar-refractivity contribution in [3.05, 3.63) is 48.3 Å². The van der Waals surface area contributed by atoms with Crippen LogP contribution in [0.15, 0.2) is 30.9 Å². The molecule has 0 spiro atoms.